The summed E-state index contributed by atoms with van der Waals surface area (Å²) in [7, 11) is 0. The summed E-state index contributed by atoms with van der Waals surface area (Å²) in [5, 5.41) is 0. The quantitative estimate of drug-likeness (QED) is 0.782. The van der Waals surface area contributed by atoms with E-state index in [0.29, 0.717) is 6.42 Å². The van der Waals surface area contributed by atoms with Crippen molar-refractivity contribution in [1.82, 2.24) is 10.9 Å². The lowest BCUT2D eigenvalue weighted by molar-refractivity contribution is -0.119. The highest BCUT2D eigenvalue weighted by Crippen LogP contribution is 2.26. The summed E-state index contributed by atoms with van der Waals surface area (Å²) in [6.45, 7) is 0. The van der Waals surface area contributed by atoms with E-state index >= 15 is 0 Å². The zero-order valence-electron chi connectivity index (χ0n) is 6.88. The Morgan fingerprint density at radius 1 is 1.38 bits per heavy atom. The van der Waals surface area contributed by atoms with E-state index in [9.17, 15) is 4.79 Å². The van der Waals surface area contributed by atoms with E-state index in [1.54, 1.807) is 0 Å². The molecule has 1 saturated heterocycles. The largest absolute Gasteiger partial charge is 0.291 e. The fraction of sp³-hybridized carbons (Fsp3) is 0.222. The number of hydrogen-bond donors (Lipinski definition) is 2. The molecule has 1 unspecified atom stereocenters. The van der Waals surface area contributed by atoms with Crippen molar-refractivity contribution < 1.29 is 4.79 Å². The van der Waals surface area contributed by atoms with Gasteiger partial charge in [-0.25, -0.2) is 5.43 Å². The number of hydrazine groups is 1. The van der Waals surface area contributed by atoms with Crippen molar-refractivity contribution in [3.8, 4) is 0 Å². The number of halogens is 1. The van der Waals surface area contributed by atoms with Crippen LogP contribution in [0.25, 0.3) is 0 Å². The smallest absolute Gasteiger partial charge is 0.236 e. The predicted molar refractivity (Wildman–Crippen MR) is 52.8 cm³/mol. The van der Waals surface area contributed by atoms with Crippen molar-refractivity contribution in [2.24, 2.45) is 0 Å². The summed E-state index contributed by atoms with van der Waals surface area (Å²) in [6, 6.07) is 7.98. The molecule has 3 nitrogen and oxygen atoms in total. The molecule has 0 aliphatic carbocycles. The van der Waals surface area contributed by atoms with Gasteiger partial charge in [0.1, 0.15) is 0 Å². The fourth-order valence-electron chi connectivity index (χ4n) is 1.40. The van der Waals surface area contributed by atoms with Gasteiger partial charge in [-0.3, -0.25) is 10.2 Å². The van der Waals surface area contributed by atoms with Crippen molar-refractivity contribution in [2.75, 3.05) is 0 Å². The first kappa shape index (κ1) is 8.72. The van der Waals surface area contributed by atoms with Crippen LogP contribution in [0.3, 0.4) is 0 Å². The number of benzene rings is 1. The van der Waals surface area contributed by atoms with Crippen molar-refractivity contribution in [2.45, 2.75) is 12.5 Å². The van der Waals surface area contributed by atoms with E-state index in [4.69, 9.17) is 0 Å². The minimum absolute atomic E-state index is 0.0424. The molecular weight excluding hydrogens is 232 g/mol. The Kier molecular flexibility index (Phi) is 2.33. The van der Waals surface area contributed by atoms with Crippen molar-refractivity contribution in [3.05, 3.63) is 34.3 Å². The molecule has 0 saturated carbocycles. The highest BCUT2D eigenvalue weighted by atomic mass is 79.9. The van der Waals surface area contributed by atoms with Gasteiger partial charge >= 0.3 is 0 Å². The Balaban J connectivity index is 2.26. The van der Waals surface area contributed by atoms with Crippen LogP contribution in [0.5, 0.6) is 0 Å². The standard InChI is InChI=1S/C9H9BrN2O/c10-7-4-2-1-3-6(7)8-5-9(13)12-11-8/h1-4,8,11H,5H2,(H,12,13). The number of carbonyl (C=O) groups is 1. The van der Waals surface area contributed by atoms with Crippen LogP contribution in [0.4, 0.5) is 0 Å². The van der Waals surface area contributed by atoms with Gasteiger partial charge in [-0.2, -0.15) is 0 Å². The molecule has 0 bridgehead atoms. The first-order chi connectivity index (χ1) is 6.27. The molecule has 1 amide bonds. The summed E-state index contributed by atoms with van der Waals surface area (Å²) in [4.78, 5) is 10.9. The Morgan fingerprint density at radius 3 is 2.77 bits per heavy atom. The second-order valence-electron chi connectivity index (χ2n) is 2.97. The molecule has 1 aromatic rings. The molecule has 1 aliphatic heterocycles. The monoisotopic (exact) mass is 240 g/mol. The van der Waals surface area contributed by atoms with Gasteiger partial charge in [0.05, 0.1) is 6.04 Å². The molecule has 13 heavy (non-hydrogen) atoms. The molecule has 1 atom stereocenters. The van der Waals surface area contributed by atoms with E-state index in [2.05, 4.69) is 26.8 Å². The van der Waals surface area contributed by atoms with Crippen LogP contribution in [0.15, 0.2) is 28.7 Å². The molecular formula is C9H9BrN2O. The Hall–Kier alpha value is -0.870. The van der Waals surface area contributed by atoms with E-state index < -0.39 is 0 Å². The second kappa shape index (κ2) is 3.47. The summed E-state index contributed by atoms with van der Waals surface area (Å²) >= 11 is 3.45. The van der Waals surface area contributed by atoms with Crippen LogP contribution in [0, 0.1) is 0 Å². The molecule has 1 heterocycles. The summed E-state index contributed by atoms with van der Waals surface area (Å²) in [5.41, 5.74) is 6.63. The topological polar surface area (TPSA) is 41.1 Å². The number of hydrogen-bond acceptors (Lipinski definition) is 2. The first-order valence-corrected chi connectivity index (χ1v) is 4.85. The highest BCUT2D eigenvalue weighted by Gasteiger charge is 2.23. The van der Waals surface area contributed by atoms with Crippen LogP contribution in [0.2, 0.25) is 0 Å². The maximum absolute atomic E-state index is 10.9. The number of carbonyl (C=O) groups excluding carboxylic acids is 1. The number of amides is 1. The van der Waals surface area contributed by atoms with Gasteiger partial charge in [-0.1, -0.05) is 34.1 Å². The lowest BCUT2D eigenvalue weighted by Crippen LogP contribution is -2.27. The van der Waals surface area contributed by atoms with E-state index in [1.165, 1.54) is 0 Å². The Morgan fingerprint density at radius 2 is 2.15 bits per heavy atom. The van der Waals surface area contributed by atoms with Gasteiger partial charge in [-0.05, 0) is 11.6 Å². The average molecular weight is 241 g/mol. The van der Waals surface area contributed by atoms with Gasteiger partial charge in [-0.15, -0.1) is 0 Å². The van der Waals surface area contributed by atoms with Crippen LogP contribution in [-0.4, -0.2) is 5.91 Å². The van der Waals surface area contributed by atoms with E-state index in [-0.39, 0.29) is 11.9 Å². The zero-order valence-corrected chi connectivity index (χ0v) is 8.47. The molecule has 2 N–H and O–H groups in total. The molecule has 1 aromatic carbocycles. The van der Waals surface area contributed by atoms with Gasteiger partial charge in [0, 0.05) is 10.9 Å². The van der Waals surface area contributed by atoms with Gasteiger partial charge in [0.15, 0.2) is 0 Å². The molecule has 4 heteroatoms. The predicted octanol–water partition coefficient (Wildman–Crippen LogP) is 1.51. The molecule has 0 radical (unpaired) electrons. The Bertz CT molecular complexity index is 340. The lowest BCUT2D eigenvalue weighted by Gasteiger charge is -2.10. The lowest BCUT2D eigenvalue weighted by atomic mass is 10.1. The third-order valence-corrected chi connectivity index (χ3v) is 2.78. The normalized spacial score (nSPS) is 21.6. The summed E-state index contributed by atoms with van der Waals surface area (Å²) in [5.74, 6) is 0.0424. The maximum Gasteiger partial charge on any atom is 0.236 e. The van der Waals surface area contributed by atoms with Crippen molar-refractivity contribution in [1.29, 1.82) is 0 Å². The van der Waals surface area contributed by atoms with Crippen LogP contribution < -0.4 is 10.9 Å². The van der Waals surface area contributed by atoms with Crippen molar-refractivity contribution in [3.63, 3.8) is 0 Å². The molecule has 1 fully saturated rings. The van der Waals surface area contributed by atoms with Crippen LogP contribution in [0.1, 0.15) is 18.0 Å². The Labute approximate surface area is 84.6 Å². The van der Waals surface area contributed by atoms with Crippen LogP contribution >= 0.6 is 15.9 Å². The van der Waals surface area contributed by atoms with Crippen LogP contribution in [-0.2, 0) is 4.79 Å². The second-order valence-corrected chi connectivity index (χ2v) is 3.83. The molecule has 0 aromatic heterocycles. The maximum atomic E-state index is 10.9. The number of nitrogens with one attached hydrogen (secondary N) is 2. The third-order valence-electron chi connectivity index (χ3n) is 2.06. The van der Waals surface area contributed by atoms with E-state index in [0.717, 1.165) is 10.0 Å². The minimum atomic E-state index is 0.0424. The third kappa shape index (κ3) is 1.73. The molecule has 0 spiro atoms. The minimum Gasteiger partial charge on any atom is -0.291 e. The van der Waals surface area contributed by atoms with Crippen molar-refractivity contribution >= 4 is 21.8 Å². The van der Waals surface area contributed by atoms with Gasteiger partial charge in [0.2, 0.25) is 5.91 Å². The first-order valence-electron chi connectivity index (χ1n) is 4.06. The summed E-state index contributed by atoms with van der Waals surface area (Å²) in [6.07, 6.45) is 0.503. The van der Waals surface area contributed by atoms with Gasteiger partial charge < -0.3 is 0 Å². The molecule has 2 rings (SSSR count). The van der Waals surface area contributed by atoms with Gasteiger partial charge in [0.25, 0.3) is 0 Å². The SMILES string of the molecule is O=C1CC(c2ccccc2Br)NN1. The zero-order chi connectivity index (χ0) is 9.26. The average Bonchev–Trinajstić information content (AvgIpc) is 2.53. The van der Waals surface area contributed by atoms with E-state index in [1.807, 2.05) is 24.3 Å². The summed E-state index contributed by atoms with van der Waals surface area (Å²) < 4.78 is 1.03. The number of rotatable bonds is 1. The molecule has 1 aliphatic rings. The fourth-order valence-corrected chi connectivity index (χ4v) is 1.96. The molecule has 68 valence electrons. The highest BCUT2D eigenvalue weighted by molar-refractivity contribution is 9.10.